The van der Waals surface area contributed by atoms with Crippen LogP contribution in [0.15, 0.2) is 29.3 Å². The first kappa shape index (κ1) is 8.87. The van der Waals surface area contributed by atoms with Gasteiger partial charge in [0.05, 0.1) is 0 Å². The summed E-state index contributed by atoms with van der Waals surface area (Å²) in [6.07, 6.45) is 2.12. The number of allylic oxidation sites excluding steroid dienone is 1. The maximum absolute atomic E-state index is 13.3. The molecule has 0 bridgehead atoms. The summed E-state index contributed by atoms with van der Waals surface area (Å²) < 4.78 is 13.3. The van der Waals surface area contributed by atoms with Crippen LogP contribution in [0.2, 0.25) is 0 Å². The quantitative estimate of drug-likeness (QED) is 0.691. The van der Waals surface area contributed by atoms with Crippen LogP contribution in [0.4, 0.5) is 10.2 Å². The van der Waals surface area contributed by atoms with E-state index in [2.05, 4.69) is 9.98 Å². The third kappa shape index (κ3) is 1.51. The van der Waals surface area contributed by atoms with Crippen LogP contribution < -0.4 is 5.73 Å². The van der Waals surface area contributed by atoms with Gasteiger partial charge in [0, 0.05) is 29.5 Å². The first-order chi connectivity index (χ1) is 6.66. The summed E-state index contributed by atoms with van der Waals surface area (Å²) in [5.74, 6) is 0.0273. The zero-order valence-corrected chi connectivity index (χ0v) is 7.79. The average Bonchev–Trinajstić information content (AvgIpc) is 2.47. The fourth-order valence-corrected chi connectivity index (χ4v) is 1.41. The van der Waals surface area contributed by atoms with E-state index >= 15 is 0 Å². The van der Waals surface area contributed by atoms with Crippen molar-refractivity contribution in [2.75, 3.05) is 5.73 Å². The molecule has 0 amide bonds. The van der Waals surface area contributed by atoms with Gasteiger partial charge < -0.3 is 5.73 Å². The molecule has 1 aromatic rings. The summed E-state index contributed by atoms with van der Waals surface area (Å²) in [7, 11) is 0. The third-order valence-corrected chi connectivity index (χ3v) is 2.11. The Morgan fingerprint density at radius 1 is 1.43 bits per heavy atom. The molecule has 1 aromatic heterocycles. The van der Waals surface area contributed by atoms with E-state index in [0.29, 0.717) is 17.8 Å². The first-order valence-electron chi connectivity index (χ1n) is 4.31. The van der Waals surface area contributed by atoms with Crippen LogP contribution in [0.1, 0.15) is 18.9 Å². The molecule has 2 rings (SSSR count). The van der Waals surface area contributed by atoms with Crippen molar-refractivity contribution in [2.45, 2.75) is 13.3 Å². The van der Waals surface area contributed by atoms with Crippen LogP contribution in [0.3, 0.4) is 0 Å². The predicted molar refractivity (Wildman–Crippen MR) is 54.4 cm³/mol. The molecule has 0 spiro atoms. The van der Waals surface area contributed by atoms with Gasteiger partial charge in [0.15, 0.2) is 0 Å². The third-order valence-electron chi connectivity index (χ3n) is 2.11. The molecule has 0 saturated carbocycles. The van der Waals surface area contributed by atoms with Gasteiger partial charge in [-0.15, -0.1) is 0 Å². The van der Waals surface area contributed by atoms with Crippen molar-refractivity contribution in [1.82, 2.24) is 4.98 Å². The summed E-state index contributed by atoms with van der Waals surface area (Å²) in [5.41, 5.74) is 7.56. The summed E-state index contributed by atoms with van der Waals surface area (Å²) in [6.45, 7) is 1.80. The molecule has 14 heavy (non-hydrogen) atoms. The summed E-state index contributed by atoms with van der Waals surface area (Å²) in [4.78, 5) is 7.65. The van der Waals surface area contributed by atoms with Crippen LogP contribution in [-0.4, -0.2) is 10.7 Å². The van der Waals surface area contributed by atoms with Gasteiger partial charge in [0.1, 0.15) is 5.82 Å². The zero-order valence-electron chi connectivity index (χ0n) is 7.79. The van der Waals surface area contributed by atoms with Gasteiger partial charge in [0.25, 0.3) is 0 Å². The number of nitrogens with zero attached hydrogens (tertiary/aromatic N) is 2. The molecular weight excluding hydrogens is 181 g/mol. The second-order valence-electron chi connectivity index (χ2n) is 3.26. The summed E-state index contributed by atoms with van der Waals surface area (Å²) in [5, 5.41) is 0. The highest BCUT2D eigenvalue weighted by Crippen LogP contribution is 2.29. The number of rotatable bonds is 1. The van der Waals surface area contributed by atoms with Gasteiger partial charge in [-0.05, 0) is 19.1 Å². The number of nitrogen functional groups attached to an aromatic ring is 1. The summed E-state index contributed by atoms with van der Waals surface area (Å²) >= 11 is 0. The van der Waals surface area contributed by atoms with Crippen LogP contribution in [0.25, 0.3) is 5.57 Å². The molecule has 72 valence electrons. The van der Waals surface area contributed by atoms with Crippen molar-refractivity contribution in [3.63, 3.8) is 0 Å². The maximum atomic E-state index is 13.3. The Balaban J connectivity index is 2.35. The number of anilines is 1. The van der Waals surface area contributed by atoms with E-state index in [1.54, 1.807) is 25.3 Å². The number of nitrogens with two attached hydrogens (primary N) is 1. The monoisotopic (exact) mass is 191 g/mol. The van der Waals surface area contributed by atoms with Crippen molar-refractivity contribution in [1.29, 1.82) is 0 Å². The van der Waals surface area contributed by atoms with E-state index in [1.165, 1.54) is 0 Å². The lowest BCUT2D eigenvalue weighted by atomic mass is 10.1. The van der Waals surface area contributed by atoms with Crippen LogP contribution in [-0.2, 0) is 0 Å². The molecule has 1 aliphatic rings. The molecule has 0 aliphatic carbocycles. The Morgan fingerprint density at radius 2 is 2.21 bits per heavy atom. The van der Waals surface area contributed by atoms with E-state index in [9.17, 15) is 4.39 Å². The number of aromatic nitrogens is 1. The molecule has 0 saturated heterocycles. The Kier molecular flexibility index (Phi) is 2.04. The van der Waals surface area contributed by atoms with Gasteiger partial charge in [-0.25, -0.2) is 9.98 Å². The van der Waals surface area contributed by atoms with Crippen LogP contribution in [0.5, 0.6) is 0 Å². The molecule has 0 unspecified atom stereocenters. The van der Waals surface area contributed by atoms with Gasteiger partial charge in [0.2, 0.25) is 5.95 Å². The molecule has 0 aromatic carbocycles. The summed E-state index contributed by atoms with van der Waals surface area (Å²) in [6, 6.07) is 3.41. The first-order valence-corrected chi connectivity index (χ1v) is 4.31. The van der Waals surface area contributed by atoms with Gasteiger partial charge >= 0.3 is 0 Å². The number of halogens is 1. The number of pyridine rings is 1. The number of aliphatic imine (C=N–C) groups is 1. The van der Waals surface area contributed by atoms with Gasteiger partial charge in [-0.1, -0.05) is 0 Å². The fraction of sp³-hybridized carbons (Fsp3) is 0.200. The number of hydrogen-bond donors (Lipinski definition) is 1. The minimum Gasteiger partial charge on any atom is -0.384 e. The van der Waals surface area contributed by atoms with E-state index in [-0.39, 0.29) is 0 Å². The highest BCUT2D eigenvalue weighted by atomic mass is 19.1. The molecule has 1 aliphatic heterocycles. The fourth-order valence-electron chi connectivity index (χ4n) is 1.41. The smallest absolute Gasteiger partial charge is 0.217 e. The van der Waals surface area contributed by atoms with Crippen LogP contribution >= 0.6 is 0 Å². The second-order valence-corrected chi connectivity index (χ2v) is 3.26. The second kappa shape index (κ2) is 3.21. The molecule has 0 radical (unpaired) electrons. The van der Waals surface area contributed by atoms with Crippen molar-refractivity contribution < 1.29 is 4.39 Å². The molecule has 4 heteroatoms. The van der Waals surface area contributed by atoms with E-state index in [0.717, 1.165) is 11.3 Å². The van der Waals surface area contributed by atoms with E-state index < -0.39 is 5.95 Å². The molecular formula is C10H10FN3. The molecule has 3 nitrogen and oxygen atoms in total. The molecule has 2 N–H and O–H groups in total. The lowest BCUT2D eigenvalue weighted by molar-refractivity contribution is 0.635. The van der Waals surface area contributed by atoms with E-state index in [1.807, 2.05) is 0 Å². The Hall–Kier alpha value is -1.71. The maximum Gasteiger partial charge on any atom is 0.217 e. The van der Waals surface area contributed by atoms with Crippen molar-refractivity contribution >= 4 is 17.1 Å². The zero-order chi connectivity index (χ0) is 10.1. The topological polar surface area (TPSA) is 51.3 Å². The van der Waals surface area contributed by atoms with Crippen molar-refractivity contribution in [3.8, 4) is 0 Å². The SMILES string of the molecule is CC1=NC(F)=C(c2ccc(N)nc2)C1. The standard InChI is InChI=1S/C10H10FN3/c1-6-4-8(10(11)14-6)7-2-3-9(12)13-5-7/h2-3,5H,4H2,1H3,(H2,12,13). The number of hydrogen-bond acceptors (Lipinski definition) is 3. The van der Waals surface area contributed by atoms with Crippen molar-refractivity contribution in [2.24, 2.45) is 4.99 Å². The van der Waals surface area contributed by atoms with Gasteiger partial charge in [-0.3, -0.25) is 0 Å². The highest BCUT2D eigenvalue weighted by Gasteiger charge is 2.16. The van der Waals surface area contributed by atoms with Crippen molar-refractivity contribution in [3.05, 3.63) is 29.8 Å². The van der Waals surface area contributed by atoms with Crippen LogP contribution in [0, 0.1) is 0 Å². The largest absolute Gasteiger partial charge is 0.384 e. The molecule has 0 atom stereocenters. The minimum absolute atomic E-state index is 0.408. The highest BCUT2D eigenvalue weighted by molar-refractivity contribution is 5.97. The predicted octanol–water partition coefficient (Wildman–Crippen LogP) is 2.17. The average molecular weight is 191 g/mol. The Labute approximate surface area is 81.2 Å². The Morgan fingerprint density at radius 3 is 2.71 bits per heavy atom. The molecule has 0 fully saturated rings. The normalized spacial score (nSPS) is 16.0. The minimum atomic E-state index is -0.408. The van der Waals surface area contributed by atoms with Gasteiger partial charge in [-0.2, -0.15) is 4.39 Å². The lowest BCUT2D eigenvalue weighted by Gasteiger charge is -2.01. The lowest BCUT2D eigenvalue weighted by Crippen LogP contribution is -1.92. The Bertz CT molecular complexity index is 417. The molecule has 2 heterocycles. The van der Waals surface area contributed by atoms with E-state index in [4.69, 9.17) is 5.73 Å².